The number of para-hydroxylation sites is 1. The van der Waals surface area contributed by atoms with Gasteiger partial charge in [0.1, 0.15) is 24.1 Å². The summed E-state index contributed by atoms with van der Waals surface area (Å²) in [5.74, 6) is 0.835. The van der Waals surface area contributed by atoms with E-state index in [4.69, 9.17) is 14.7 Å². The third-order valence-electron chi connectivity index (χ3n) is 2.45. The maximum absolute atomic E-state index is 8.72. The Bertz CT molecular complexity index is 550. The maximum Gasteiger partial charge on any atom is 0.140 e. The van der Waals surface area contributed by atoms with Crippen LogP contribution in [0.25, 0.3) is 0 Å². The van der Waals surface area contributed by atoms with Crippen LogP contribution in [0.1, 0.15) is 11.3 Å². The molecule has 0 saturated heterocycles. The minimum atomic E-state index is 0.404. The van der Waals surface area contributed by atoms with E-state index in [2.05, 4.69) is 4.98 Å². The van der Waals surface area contributed by atoms with E-state index in [-0.39, 0.29) is 0 Å². The van der Waals surface area contributed by atoms with Crippen LogP contribution in [0.4, 0.5) is 0 Å². The average molecular weight is 254 g/mol. The lowest BCUT2D eigenvalue weighted by atomic mass is 10.2. The summed E-state index contributed by atoms with van der Waals surface area (Å²) in [5, 5.41) is 8.72. The number of rotatable bonds is 6. The minimum absolute atomic E-state index is 0.404. The molecule has 0 aliphatic rings. The Morgan fingerprint density at radius 2 is 1.95 bits per heavy atom. The minimum Gasteiger partial charge on any atom is -0.491 e. The van der Waals surface area contributed by atoms with Crippen LogP contribution in [0.2, 0.25) is 0 Å². The zero-order chi connectivity index (χ0) is 13.3. The van der Waals surface area contributed by atoms with Crippen LogP contribution < -0.4 is 4.74 Å². The summed E-state index contributed by atoms with van der Waals surface area (Å²) in [6, 6.07) is 15.2. The SMILES string of the molecule is N#Cc1cc(COCCOc2ccccc2)ccn1. The van der Waals surface area contributed by atoms with E-state index in [1.54, 1.807) is 12.3 Å². The maximum atomic E-state index is 8.72. The van der Waals surface area contributed by atoms with Crippen molar-refractivity contribution in [2.45, 2.75) is 6.61 Å². The van der Waals surface area contributed by atoms with Gasteiger partial charge in [-0.2, -0.15) is 5.26 Å². The Balaban J connectivity index is 1.68. The summed E-state index contributed by atoms with van der Waals surface area (Å²) in [7, 11) is 0. The molecule has 1 aromatic carbocycles. The van der Waals surface area contributed by atoms with Crippen molar-refractivity contribution >= 4 is 0 Å². The molecule has 0 N–H and O–H groups in total. The Hall–Kier alpha value is -2.38. The molecule has 2 aromatic rings. The van der Waals surface area contributed by atoms with Gasteiger partial charge in [-0.15, -0.1) is 0 Å². The van der Waals surface area contributed by atoms with Crippen molar-refractivity contribution in [1.82, 2.24) is 4.98 Å². The first-order valence-corrected chi connectivity index (χ1v) is 5.99. The molecule has 1 heterocycles. The first-order valence-electron chi connectivity index (χ1n) is 5.99. The lowest BCUT2D eigenvalue weighted by Crippen LogP contribution is -2.06. The van der Waals surface area contributed by atoms with Gasteiger partial charge in [0.25, 0.3) is 0 Å². The zero-order valence-corrected chi connectivity index (χ0v) is 10.5. The Kier molecular flexibility index (Phi) is 4.91. The second-order valence-corrected chi connectivity index (χ2v) is 3.88. The van der Waals surface area contributed by atoms with Gasteiger partial charge in [-0.3, -0.25) is 0 Å². The van der Waals surface area contributed by atoms with E-state index in [1.165, 1.54) is 0 Å². The lowest BCUT2D eigenvalue weighted by molar-refractivity contribution is 0.0889. The molecule has 0 fully saturated rings. The fourth-order valence-corrected chi connectivity index (χ4v) is 1.55. The Labute approximate surface area is 112 Å². The van der Waals surface area contributed by atoms with Gasteiger partial charge in [0.2, 0.25) is 0 Å². The third-order valence-corrected chi connectivity index (χ3v) is 2.45. The fourth-order valence-electron chi connectivity index (χ4n) is 1.55. The molecule has 0 bridgehead atoms. The lowest BCUT2D eigenvalue weighted by Gasteiger charge is -2.07. The molecular formula is C15H14N2O2. The van der Waals surface area contributed by atoms with E-state index in [0.717, 1.165) is 11.3 Å². The van der Waals surface area contributed by atoms with Crippen molar-refractivity contribution in [1.29, 1.82) is 5.26 Å². The molecule has 0 aliphatic heterocycles. The van der Waals surface area contributed by atoms with Crippen LogP contribution in [-0.2, 0) is 11.3 Å². The zero-order valence-electron chi connectivity index (χ0n) is 10.5. The second-order valence-electron chi connectivity index (χ2n) is 3.88. The summed E-state index contributed by atoms with van der Waals surface area (Å²) in [5.41, 5.74) is 1.34. The molecule has 2 rings (SSSR count). The summed E-state index contributed by atoms with van der Waals surface area (Å²) < 4.78 is 11.0. The molecule has 4 nitrogen and oxygen atoms in total. The standard InChI is InChI=1S/C15H14N2O2/c16-11-14-10-13(6-7-17-14)12-18-8-9-19-15-4-2-1-3-5-15/h1-7,10H,8-9,12H2. The molecule has 0 atom stereocenters. The molecule has 0 amide bonds. The van der Waals surface area contributed by atoms with Crippen LogP contribution >= 0.6 is 0 Å². The van der Waals surface area contributed by atoms with E-state index in [1.807, 2.05) is 42.5 Å². The van der Waals surface area contributed by atoms with Crippen molar-refractivity contribution < 1.29 is 9.47 Å². The predicted octanol–water partition coefficient (Wildman–Crippen LogP) is 2.55. The van der Waals surface area contributed by atoms with Gasteiger partial charge in [0, 0.05) is 6.20 Å². The molecular weight excluding hydrogens is 240 g/mol. The number of hydrogen-bond acceptors (Lipinski definition) is 4. The normalized spacial score (nSPS) is 9.84. The highest BCUT2D eigenvalue weighted by molar-refractivity contribution is 5.24. The largest absolute Gasteiger partial charge is 0.491 e. The Morgan fingerprint density at radius 3 is 2.74 bits per heavy atom. The van der Waals surface area contributed by atoms with Crippen molar-refractivity contribution in [3.05, 3.63) is 59.9 Å². The van der Waals surface area contributed by atoms with Crippen LogP contribution in [0.5, 0.6) is 5.75 Å². The summed E-state index contributed by atoms with van der Waals surface area (Å²) >= 11 is 0. The third kappa shape index (κ3) is 4.41. The van der Waals surface area contributed by atoms with Crippen LogP contribution in [-0.4, -0.2) is 18.2 Å². The first kappa shape index (κ1) is 13.1. The molecule has 0 radical (unpaired) electrons. The summed E-state index contributed by atoms with van der Waals surface area (Å²) in [6.07, 6.45) is 1.61. The van der Waals surface area contributed by atoms with Gasteiger partial charge in [0.05, 0.1) is 13.2 Å². The molecule has 96 valence electrons. The van der Waals surface area contributed by atoms with Crippen molar-refractivity contribution in [3.63, 3.8) is 0 Å². The molecule has 4 heteroatoms. The number of benzene rings is 1. The van der Waals surface area contributed by atoms with Gasteiger partial charge in [0.15, 0.2) is 0 Å². The van der Waals surface area contributed by atoms with Gasteiger partial charge in [-0.25, -0.2) is 4.98 Å². The van der Waals surface area contributed by atoms with Gasteiger partial charge < -0.3 is 9.47 Å². The highest BCUT2D eigenvalue weighted by Crippen LogP contribution is 2.08. The number of ether oxygens (including phenoxy) is 2. The van der Waals surface area contributed by atoms with E-state index >= 15 is 0 Å². The van der Waals surface area contributed by atoms with Crippen molar-refractivity contribution in [3.8, 4) is 11.8 Å². The topological polar surface area (TPSA) is 55.1 Å². The fraction of sp³-hybridized carbons (Fsp3) is 0.200. The number of nitrogens with zero attached hydrogens (tertiary/aromatic N) is 2. The highest BCUT2D eigenvalue weighted by Gasteiger charge is 1.97. The molecule has 0 unspecified atom stereocenters. The monoisotopic (exact) mass is 254 g/mol. The quantitative estimate of drug-likeness (QED) is 0.743. The molecule has 1 aromatic heterocycles. The van der Waals surface area contributed by atoms with Gasteiger partial charge >= 0.3 is 0 Å². The van der Waals surface area contributed by atoms with Crippen LogP contribution in [0.3, 0.4) is 0 Å². The average Bonchev–Trinajstić information content (AvgIpc) is 2.48. The summed E-state index contributed by atoms with van der Waals surface area (Å²) in [4.78, 5) is 3.90. The predicted molar refractivity (Wildman–Crippen MR) is 70.5 cm³/mol. The molecule has 0 aliphatic carbocycles. The van der Waals surface area contributed by atoms with E-state index in [9.17, 15) is 0 Å². The van der Waals surface area contributed by atoms with E-state index < -0.39 is 0 Å². The van der Waals surface area contributed by atoms with E-state index in [0.29, 0.717) is 25.5 Å². The first-order chi connectivity index (χ1) is 9.38. The highest BCUT2D eigenvalue weighted by atomic mass is 16.5. The number of nitriles is 1. The molecule has 0 saturated carbocycles. The molecule has 19 heavy (non-hydrogen) atoms. The number of pyridine rings is 1. The van der Waals surface area contributed by atoms with Crippen molar-refractivity contribution in [2.75, 3.05) is 13.2 Å². The number of hydrogen-bond donors (Lipinski definition) is 0. The van der Waals surface area contributed by atoms with Crippen molar-refractivity contribution in [2.24, 2.45) is 0 Å². The number of aromatic nitrogens is 1. The van der Waals surface area contributed by atoms with Crippen LogP contribution in [0.15, 0.2) is 48.7 Å². The second kappa shape index (κ2) is 7.14. The molecule has 0 spiro atoms. The van der Waals surface area contributed by atoms with Crippen LogP contribution in [0, 0.1) is 11.3 Å². The van der Waals surface area contributed by atoms with Gasteiger partial charge in [-0.05, 0) is 29.8 Å². The summed E-state index contributed by atoms with van der Waals surface area (Å²) in [6.45, 7) is 1.45. The Morgan fingerprint density at radius 1 is 1.11 bits per heavy atom. The smallest absolute Gasteiger partial charge is 0.140 e. The van der Waals surface area contributed by atoms with Gasteiger partial charge in [-0.1, -0.05) is 18.2 Å².